The van der Waals surface area contributed by atoms with Gasteiger partial charge in [-0.2, -0.15) is 0 Å². The molecule has 0 unspecified atom stereocenters. The number of halogens is 1. The van der Waals surface area contributed by atoms with Crippen LogP contribution < -0.4 is 10.5 Å². The lowest BCUT2D eigenvalue weighted by Gasteiger charge is -2.36. The molecule has 6 nitrogen and oxygen atoms in total. The first-order valence-corrected chi connectivity index (χ1v) is 11.1. The number of piperazine rings is 1. The Balaban J connectivity index is 1.54. The molecule has 1 amide bonds. The SMILES string of the molecule is CCCCn1cnc2sc(C(=O)N3CCN(c4ccccc4F)CC3)c(C)c2c1=O. The molecule has 1 aliphatic rings. The highest BCUT2D eigenvalue weighted by Gasteiger charge is 2.27. The molecular weight excluding hydrogens is 403 g/mol. The van der Waals surface area contributed by atoms with Gasteiger partial charge < -0.3 is 9.80 Å². The first-order valence-electron chi connectivity index (χ1n) is 10.3. The third-order valence-corrected chi connectivity index (χ3v) is 6.81. The summed E-state index contributed by atoms with van der Waals surface area (Å²) in [7, 11) is 0. The van der Waals surface area contributed by atoms with Gasteiger partial charge in [0.25, 0.3) is 11.5 Å². The van der Waals surface area contributed by atoms with Gasteiger partial charge in [0.15, 0.2) is 0 Å². The third kappa shape index (κ3) is 3.71. The molecule has 0 N–H and O–H groups in total. The van der Waals surface area contributed by atoms with Crippen LogP contribution in [0.5, 0.6) is 0 Å². The maximum absolute atomic E-state index is 14.1. The minimum absolute atomic E-state index is 0.0781. The highest BCUT2D eigenvalue weighted by atomic mass is 32.1. The number of fused-ring (bicyclic) bond motifs is 1. The number of benzene rings is 1. The van der Waals surface area contributed by atoms with Gasteiger partial charge in [0.05, 0.1) is 22.3 Å². The number of amides is 1. The van der Waals surface area contributed by atoms with Gasteiger partial charge in [-0.15, -0.1) is 11.3 Å². The van der Waals surface area contributed by atoms with Crippen molar-refractivity contribution in [1.82, 2.24) is 14.5 Å². The van der Waals surface area contributed by atoms with E-state index < -0.39 is 0 Å². The van der Waals surface area contributed by atoms with E-state index in [2.05, 4.69) is 11.9 Å². The highest BCUT2D eigenvalue weighted by molar-refractivity contribution is 7.20. The number of hydrogen-bond acceptors (Lipinski definition) is 5. The molecule has 4 rings (SSSR count). The number of anilines is 1. The monoisotopic (exact) mass is 428 g/mol. The molecule has 158 valence electrons. The zero-order valence-electron chi connectivity index (χ0n) is 17.2. The Morgan fingerprint density at radius 3 is 2.63 bits per heavy atom. The van der Waals surface area contributed by atoms with Crippen molar-refractivity contribution < 1.29 is 9.18 Å². The maximum atomic E-state index is 14.1. The summed E-state index contributed by atoms with van der Waals surface area (Å²) in [6, 6.07) is 6.70. The van der Waals surface area contributed by atoms with Crippen LogP contribution in [-0.2, 0) is 6.54 Å². The van der Waals surface area contributed by atoms with Gasteiger partial charge in [-0.3, -0.25) is 14.2 Å². The van der Waals surface area contributed by atoms with Crippen molar-refractivity contribution in [3.05, 3.63) is 57.2 Å². The van der Waals surface area contributed by atoms with Gasteiger partial charge in [0.1, 0.15) is 10.6 Å². The van der Waals surface area contributed by atoms with Crippen LogP contribution in [0.2, 0.25) is 0 Å². The number of nitrogens with zero attached hydrogens (tertiary/aromatic N) is 4. The predicted molar refractivity (Wildman–Crippen MR) is 118 cm³/mol. The Bertz CT molecular complexity index is 1130. The molecule has 0 atom stereocenters. The number of rotatable bonds is 5. The lowest BCUT2D eigenvalue weighted by atomic mass is 10.2. The first-order chi connectivity index (χ1) is 14.5. The molecule has 30 heavy (non-hydrogen) atoms. The number of hydrogen-bond donors (Lipinski definition) is 0. The Morgan fingerprint density at radius 1 is 1.20 bits per heavy atom. The van der Waals surface area contributed by atoms with Crippen LogP contribution in [0.25, 0.3) is 10.2 Å². The van der Waals surface area contributed by atoms with E-state index in [-0.39, 0.29) is 17.3 Å². The number of carbonyl (C=O) groups is 1. The van der Waals surface area contributed by atoms with Crippen LogP contribution in [0.15, 0.2) is 35.4 Å². The van der Waals surface area contributed by atoms with E-state index in [1.165, 1.54) is 17.4 Å². The molecule has 0 bridgehead atoms. The highest BCUT2D eigenvalue weighted by Crippen LogP contribution is 2.29. The molecule has 0 aliphatic carbocycles. The molecule has 1 saturated heterocycles. The summed E-state index contributed by atoms with van der Waals surface area (Å²) in [5.41, 5.74) is 1.20. The summed E-state index contributed by atoms with van der Waals surface area (Å²) in [5.74, 6) is -0.328. The van der Waals surface area contributed by atoms with Gasteiger partial charge in [0, 0.05) is 32.7 Å². The van der Waals surface area contributed by atoms with E-state index in [1.807, 2.05) is 17.9 Å². The molecular formula is C22H25FN4O2S. The van der Waals surface area contributed by atoms with Crippen molar-refractivity contribution in [3.8, 4) is 0 Å². The Hall–Kier alpha value is -2.74. The molecule has 1 fully saturated rings. The van der Waals surface area contributed by atoms with E-state index >= 15 is 0 Å². The maximum Gasteiger partial charge on any atom is 0.264 e. The second kappa shape index (κ2) is 8.55. The van der Waals surface area contributed by atoms with Crippen LogP contribution in [0, 0.1) is 12.7 Å². The molecule has 3 aromatic rings. The largest absolute Gasteiger partial charge is 0.366 e. The summed E-state index contributed by atoms with van der Waals surface area (Å²) in [6.07, 6.45) is 3.49. The molecule has 2 aromatic heterocycles. The number of para-hydroxylation sites is 1. The van der Waals surface area contributed by atoms with Crippen LogP contribution in [0.1, 0.15) is 35.0 Å². The number of aryl methyl sites for hydroxylation is 2. The molecule has 8 heteroatoms. The minimum atomic E-state index is -0.247. The Kier molecular flexibility index (Phi) is 5.85. The summed E-state index contributed by atoms with van der Waals surface area (Å²) in [5, 5.41) is 0.548. The predicted octanol–water partition coefficient (Wildman–Crippen LogP) is 3.67. The molecule has 0 saturated carbocycles. The summed E-state index contributed by atoms with van der Waals surface area (Å²) in [6.45, 7) is 6.70. The van der Waals surface area contributed by atoms with E-state index in [0.717, 1.165) is 12.8 Å². The number of aromatic nitrogens is 2. The quantitative estimate of drug-likeness (QED) is 0.622. The van der Waals surface area contributed by atoms with Gasteiger partial charge in [0.2, 0.25) is 0 Å². The number of thiophene rings is 1. The smallest absolute Gasteiger partial charge is 0.264 e. The van der Waals surface area contributed by atoms with E-state index in [9.17, 15) is 14.0 Å². The van der Waals surface area contributed by atoms with Crippen molar-refractivity contribution in [3.63, 3.8) is 0 Å². The molecule has 0 spiro atoms. The fourth-order valence-corrected chi connectivity index (χ4v) is 4.96. The molecule has 1 aliphatic heterocycles. The summed E-state index contributed by atoms with van der Waals surface area (Å²) in [4.78, 5) is 35.4. The molecule has 0 radical (unpaired) electrons. The third-order valence-electron chi connectivity index (χ3n) is 5.62. The lowest BCUT2D eigenvalue weighted by molar-refractivity contribution is 0.0751. The van der Waals surface area contributed by atoms with Crippen molar-refractivity contribution in [2.75, 3.05) is 31.1 Å². The fraction of sp³-hybridized carbons (Fsp3) is 0.409. The van der Waals surface area contributed by atoms with Crippen LogP contribution in [0.3, 0.4) is 0 Å². The second-order valence-corrected chi connectivity index (χ2v) is 8.56. The van der Waals surface area contributed by atoms with E-state index in [4.69, 9.17) is 0 Å². The van der Waals surface area contributed by atoms with Crippen LogP contribution >= 0.6 is 11.3 Å². The van der Waals surface area contributed by atoms with Crippen LogP contribution in [-0.4, -0.2) is 46.5 Å². The van der Waals surface area contributed by atoms with Gasteiger partial charge >= 0.3 is 0 Å². The van der Waals surface area contributed by atoms with Crippen molar-refractivity contribution in [2.45, 2.75) is 33.2 Å². The minimum Gasteiger partial charge on any atom is -0.366 e. The Labute approximate surface area is 178 Å². The lowest BCUT2D eigenvalue weighted by Crippen LogP contribution is -2.49. The number of carbonyl (C=O) groups excluding carboxylic acids is 1. The summed E-state index contributed by atoms with van der Waals surface area (Å²) >= 11 is 1.28. The topological polar surface area (TPSA) is 58.4 Å². The average Bonchev–Trinajstić information content (AvgIpc) is 3.10. The standard InChI is InChI=1S/C22H25FN4O2S/c1-3-4-9-27-14-24-20-18(21(27)28)15(2)19(30-20)22(29)26-12-10-25(11-13-26)17-8-6-5-7-16(17)23/h5-8,14H,3-4,9-13H2,1-2H3. The van der Waals surface area contributed by atoms with Crippen molar-refractivity contribution in [2.24, 2.45) is 0 Å². The van der Waals surface area contributed by atoms with Gasteiger partial charge in [-0.05, 0) is 31.0 Å². The number of unbranched alkanes of at least 4 members (excludes halogenated alkanes) is 1. The fourth-order valence-electron chi connectivity index (χ4n) is 3.85. The zero-order chi connectivity index (χ0) is 21.3. The first kappa shape index (κ1) is 20.5. The van der Waals surface area contributed by atoms with E-state index in [0.29, 0.717) is 59.1 Å². The normalized spacial score (nSPS) is 14.5. The van der Waals surface area contributed by atoms with Crippen molar-refractivity contribution >= 4 is 33.1 Å². The van der Waals surface area contributed by atoms with E-state index in [1.54, 1.807) is 27.9 Å². The Morgan fingerprint density at radius 2 is 1.93 bits per heavy atom. The zero-order valence-corrected chi connectivity index (χ0v) is 18.0. The average molecular weight is 429 g/mol. The molecule has 1 aromatic carbocycles. The molecule has 3 heterocycles. The van der Waals surface area contributed by atoms with Gasteiger partial charge in [-0.1, -0.05) is 25.5 Å². The second-order valence-electron chi connectivity index (χ2n) is 7.56. The van der Waals surface area contributed by atoms with Crippen molar-refractivity contribution in [1.29, 1.82) is 0 Å². The van der Waals surface area contributed by atoms with Gasteiger partial charge in [-0.25, -0.2) is 9.37 Å². The summed E-state index contributed by atoms with van der Waals surface area (Å²) < 4.78 is 15.7. The van der Waals surface area contributed by atoms with Crippen LogP contribution in [0.4, 0.5) is 10.1 Å².